The largest absolute Gasteiger partial charge is 0.349 e. The van der Waals surface area contributed by atoms with Crippen molar-refractivity contribution < 1.29 is 4.79 Å². The molecule has 0 fully saturated rings. The van der Waals surface area contributed by atoms with E-state index in [-0.39, 0.29) is 5.91 Å². The lowest BCUT2D eigenvalue weighted by Crippen LogP contribution is -2.34. The number of benzene rings is 1. The highest BCUT2D eigenvalue weighted by Gasteiger charge is 2.15. The van der Waals surface area contributed by atoms with Crippen LogP contribution in [0.4, 0.5) is 0 Å². The standard InChI is InChI=1S/C16H19N3O/c1-2-12-9-6-10-18-14(12)11-19-16(20)15(17)13-7-4-3-5-8-13/h3-10,15H,2,11,17H2,1H3,(H,19,20)/t15-/m1/s1. The Bertz CT molecular complexity index is 569. The van der Waals surface area contributed by atoms with Crippen LogP contribution in [0.3, 0.4) is 0 Å². The first-order chi connectivity index (χ1) is 9.72. The molecule has 0 saturated heterocycles. The SMILES string of the molecule is CCc1cccnc1CNC(=O)[C@H](N)c1ccccc1. The second kappa shape index (κ2) is 6.82. The fourth-order valence-electron chi connectivity index (χ4n) is 2.04. The maximum Gasteiger partial charge on any atom is 0.241 e. The molecule has 20 heavy (non-hydrogen) atoms. The van der Waals surface area contributed by atoms with E-state index in [0.29, 0.717) is 6.54 Å². The molecule has 1 aromatic heterocycles. The second-order valence-electron chi connectivity index (χ2n) is 4.57. The maximum absolute atomic E-state index is 12.1. The number of nitrogens with zero attached hydrogens (tertiary/aromatic N) is 1. The van der Waals surface area contributed by atoms with Gasteiger partial charge >= 0.3 is 0 Å². The first-order valence-electron chi connectivity index (χ1n) is 6.73. The number of amides is 1. The molecule has 1 heterocycles. The topological polar surface area (TPSA) is 68.0 Å². The Labute approximate surface area is 119 Å². The van der Waals surface area contributed by atoms with E-state index < -0.39 is 6.04 Å². The second-order valence-corrected chi connectivity index (χ2v) is 4.57. The van der Waals surface area contributed by atoms with Gasteiger partial charge in [-0.2, -0.15) is 0 Å². The Morgan fingerprint density at radius 3 is 2.70 bits per heavy atom. The van der Waals surface area contributed by atoms with Crippen LogP contribution in [0.1, 0.15) is 29.8 Å². The number of hydrogen-bond acceptors (Lipinski definition) is 3. The van der Waals surface area contributed by atoms with Crippen LogP contribution in [0.5, 0.6) is 0 Å². The van der Waals surface area contributed by atoms with Crippen molar-refractivity contribution in [1.29, 1.82) is 0 Å². The van der Waals surface area contributed by atoms with Crippen molar-refractivity contribution in [3.63, 3.8) is 0 Å². The average Bonchev–Trinajstić information content (AvgIpc) is 2.53. The minimum absolute atomic E-state index is 0.191. The van der Waals surface area contributed by atoms with Gasteiger partial charge in [-0.05, 0) is 23.6 Å². The summed E-state index contributed by atoms with van der Waals surface area (Å²) in [5.41, 5.74) is 8.78. The van der Waals surface area contributed by atoms with Crippen LogP contribution in [0.2, 0.25) is 0 Å². The van der Waals surface area contributed by atoms with Gasteiger partial charge in [0.2, 0.25) is 5.91 Å². The van der Waals surface area contributed by atoms with Crippen molar-refractivity contribution in [2.45, 2.75) is 25.9 Å². The molecule has 0 aliphatic heterocycles. The summed E-state index contributed by atoms with van der Waals surface area (Å²) in [7, 11) is 0. The highest BCUT2D eigenvalue weighted by molar-refractivity contribution is 5.82. The van der Waals surface area contributed by atoms with Crippen LogP contribution >= 0.6 is 0 Å². The van der Waals surface area contributed by atoms with Crippen molar-refractivity contribution >= 4 is 5.91 Å². The molecule has 1 amide bonds. The lowest BCUT2D eigenvalue weighted by molar-refractivity contribution is -0.122. The van der Waals surface area contributed by atoms with Crippen LogP contribution in [0, 0.1) is 0 Å². The molecule has 0 saturated carbocycles. The molecule has 0 aliphatic rings. The minimum atomic E-state index is -0.648. The van der Waals surface area contributed by atoms with E-state index >= 15 is 0 Å². The molecule has 4 nitrogen and oxygen atoms in total. The number of carbonyl (C=O) groups excluding carboxylic acids is 1. The average molecular weight is 269 g/mol. The normalized spacial score (nSPS) is 11.9. The highest BCUT2D eigenvalue weighted by Crippen LogP contribution is 2.10. The molecule has 0 spiro atoms. The summed E-state index contributed by atoms with van der Waals surface area (Å²) in [6, 6.07) is 12.6. The van der Waals surface area contributed by atoms with E-state index in [2.05, 4.69) is 17.2 Å². The molecule has 0 aliphatic carbocycles. The van der Waals surface area contributed by atoms with Gasteiger partial charge < -0.3 is 11.1 Å². The first kappa shape index (κ1) is 14.2. The van der Waals surface area contributed by atoms with E-state index in [0.717, 1.165) is 23.2 Å². The quantitative estimate of drug-likeness (QED) is 0.872. The number of aryl methyl sites for hydroxylation is 1. The number of pyridine rings is 1. The molecular formula is C16H19N3O. The van der Waals surface area contributed by atoms with Gasteiger partial charge in [-0.15, -0.1) is 0 Å². The fraction of sp³-hybridized carbons (Fsp3) is 0.250. The van der Waals surface area contributed by atoms with E-state index in [4.69, 9.17) is 5.73 Å². The third kappa shape index (κ3) is 3.42. The van der Waals surface area contributed by atoms with Crippen LogP contribution in [-0.4, -0.2) is 10.9 Å². The third-order valence-electron chi connectivity index (χ3n) is 3.24. The molecule has 0 bridgehead atoms. The molecule has 4 heteroatoms. The number of carbonyl (C=O) groups is 1. The van der Waals surface area contributed by atoms with E-state index in [9.17, 15) is 4.79 Å². The molecular weight excluding hydrogens is 250 g/mol. The number of nitrogens with two attached hydrogens (primary N) is 1. The molecule has 1 atom stereocenters. The van der Waals surface area contributed by atoms with Gasteiger partial charge in [-0.25, -0.2) is 0 Å². The molecule has 104 valence electrons. The predicted molar refractivity (Wildman–Crippen MR) is 78.8 cm³/mol. The summed E-state index contributed by atoms with van der Waals surface area (Å²) in [4.78, 5) is 16.4. The molecule has 0 unspecified atom stereocenters. The van der Waals surface area contributed by atoms with E-state index in [1.54, 1.807) is 6.20 Å². The minimum Gasteiger partial charge on any atom is -0.349 e. The van der Waals surface area contributed by atoms with Crippen molar-refractivity contribution in [2.75, 3.05) is 0 Å². The summed E-state index contributed by atoms with van der Waals surface area (Å²) < 4.78 is 0. The van der Waals surface area contributed by atoms with Gasteiger partial charge in [0.15, 0.2) is 0 Å². The van der Waals surface area contributed by atoms with Crippen LogP contribution in [0.25, 0.3) is 0 Å². The van der Waals surface area contributed by atoms with E-state index in [1.165, 1.54) is 0 Å². The molecule has 1 aromatic carbocycles. The monoisotopic (exact) mass is 269 g/mol. The van der Waals surface area contributed by atoms with Crippen LogP contribution in [-0.2, 0) is 17.8 Å². The van der Waals surface area contributed by atoms with Crippen molar-refractivity contribution in [1.82, 2.24) is 10.3 Å². The zero-order valence-corrected chi connectivity index (χ0v) is 11.5. The van der Waals surface area contributed by atoms with Gasteiger partial charge in [0.05, 0.1) is 12.2 Å². The highest BCUT2D eigenvalue weighted by atomic mass is 16.2. The number of rotatable bonds is 5. The zero-order chi connectivity index (χ0) is 14.4. The fourth-order valence-corrected chi connectivity index (χ4v) is 2.04. The van der Waals surface area contributed by atoms with Gasteiger partial charge in [-0.1, -0.05) is 43.3 Å². The number of aromatic nitrogens is 1. The third-order valence-corrected chi connectivity index (χ3v) is 3.24. The van der Waals surface area contributed by atoms with E-state index in [1.807, 2.05) is 42.5 Å². The zero-order valence-electron chi connectivity index (χ0n) is 11.5. The van der Waals surface area contributed by atoms with Crippen LogP contribution < -0.4 is 11.1 Å². The summed E-state index contributed by atoms with van der Waals surface area (Å²) in [6.45, 7) is 2.47. The molecule has 3 N–H and O–H groups in total. The Hall–Kier alpha value is -2.20. The number of nitrogens with one attached hydrogen (secondary N) is 1. The van der Waals surface area contributed by atoms with Gasteiger partial charge in [0.1, 0.15) is 6.04 Å². The van der Waals surface area contributed by atoms with Gasteiger partial charge in [-0.3, -0.25) is 9.78 Å². The summed E-state index contributed by atoms with van der Waals surface area (Å²) in [5.74, 6) is -0.191. The Kier molecular flexibility index (Phi) is 4.85. The molecule has 0 radical (unpaired) electrons. The summed E-state index contributed by atoms with van der Waals surface area (Å²) >= 11 is 0. The lowest BCUT2D eigenvalue weighted by Gasteiger charge is -2.13. The van der Waals surface area contributed by atoms with Gasteiger partial charge in [0, 0.05) is 6.20 Å². The van der Waals surface area contributed by atoms with Crippen LogP contribution in [0.15, 0.2) is 48.7 Å². The summed E-state index contributed by atoms with van der Waals surface area (Å²) in [5, 5.41) is 2.85. The predicted octanol–water partition coefficient (Wildman–Crippen LogP) is 1.96. The van der Waals surface area contributed by atoms with Crippen molar-refractivity contribution in [3.05, 3.63) is 65.5 Å². The number of hydrogen-bond donors (Lipinski definition) is 2. The van der Waals surface area contributed by atoms with Crippen molar-refractivity contribution in [3.8, 4) is 0 Å². The first-order valence-corrected chi connectivity index (χ1v) is 6.73. The smallest absolute Gasteiger partial charge is 0.241 e. The van der Waals surface area contributed by atoms with Crippen molar-refractivity contribution in [2.24, 2.45) is 5.73 Å². The maximum atomic E-state index is 12.1. The Morgan fingerprint density at radius 2 is 2.00 bits per heavy atom. The Balaban J connectivity index is 1.99. The van der Waals surface area contributed by atoms with Gasteiger partial charge in [0.25, 0.3) is 0 Å². The molecule has 2 rings (SSSR count). The Morgan fingerprint density at radius 1 is 1.25 bits per heavy atom. The molecule has 2 aromatic rings. The lowest BCUT2D eigenvalue weighted by atomic mass is 10.1. The summed E-state index contributed by atoms with van der Waals surface area (Å²) in [6.07, 6.45) is 2.63.